The molecule has 0 saturated carbocycles. The quantitative estimate of drug-likeness (QED) is 0.564. The Morgan fingerprint density at radius 2 is 2.31 bits per heavy atom. The highest BCUT2D eigenvalue weighted by Gasteiger charge is 2.15. The molecule has 13 heavy (non-hydrogen) atoms. The van der Waals surface area contributed by atoms with Gasteiger partial charge in [-0.05, 0) is 36.6 Å². The van der Waals surface area contributed by atoms with Crippen molar-refractivity contribution in [1.82, 2.24) is 0 Å². The summed E-state index contributed by atoms with van der Waals surface area (Å²) in [5, 5.41) is 4.26. The predicted octanol–water partition coefficient (Wildman–Crippen LogP) is 4.02. The molecule has 1 heterocycles. The van der Waals surface area contributed by atoms with Gasteiger partial charge in [0.25, 0.3) is 0 Å². The van der Waals surface area contributed by atoms with Gasteiger partial charge in [0.05, 0.1) is 0 Å². The number of fused-ring (bicyclic) bond motifs is 1. The van der Waals surface area contributed by atoms with Crippen molar-refractivity contribution in [3.63, 3.8) is 0 Å². The Hall–Kier alpha value is 0.0400. The molecule has 1 aromatic rings. The van der Waals surface area contributed by atoms with Gasteiger partial charge in [0.1, 0.15) is 0 Å². The van der Waals surface area contributed by atoms with Gasteiger partial charge in [-0.3, -0.25) is 0 Å². The maximum atomic E-state index is 5.96. The first-order chi connectivity index (χ1) is 6.27. The van der Waals surface area contributed by atoms with Gasteiger partial charge in [-0.2, -0.15) is 0 Å². The van der Waals surface area contributed by atoms with Crippen molar-refractivity contribution in [2.75, 3.05) is 11.9 Å². The summed E-state index contributed by atoms with van der Waals surface area (Å²) in [5.74, 6) is 0. The van der Waals surface area contributed by atoms with Crippen molar-refractivity contribution in [2.45, 2.75) is 16.8 Å². The SMILES string of the molecule is Clc1ccc2c(c1)C(I)CCCN2. The Labute approximate surface area is 97.0 Å². The van der Waals surface area contributed by atoms with E-state index in [2.05, 4.69) is 40.0 Å². The second-order valence-corrected chi connectivity index (χ2v) is 5.21. The minimum atomic E-state index is 0.598. The molecule has 3 heteroatoms. The highest BCUT2D eigenvalue weighted by Crippen LogP contribution is 2.37. The zero-order valence-corrected chi connectivity index (χ0v) is 10.1. The van der Waals surface area contributed by atoms with Crippen molar-refractivity contribution in [2.24, 2.45) is 0 Å². The van der Waals surface area contributed by atoms with Crippen molar-refractivity contribution < 1.29 is 0 Å². The molecule has 2 rings (SSSR count). The molecule has 1 aliphatic heterocycles. The van der Waals surface area contributed by atoms with E-state index in [9.17, 15) is 0 Å². The number of anilines is 1. The first-order valence-electron chi connectivity index (χ1n) is 4.45. The molecule has 1 aromatic carbocycles. The van der Waals surface area contributed by atoms with Crippen LogP contribution in [-0.4, -0.2) is 6.54 Å². The Balaban J connectivity index is 2.43. The van der Waals surface area contributed by atoms with Gasteiger partial charge >= 0.3 is 0 Å². The normalized spacial score (nSPS) is 21.5. The van der Waals surface area contributed by atoms with Gasteiger partial charge in [0.2, 0.25) is 0 Å². The van der Waals surface area contributed by atoms with Gasteiger partial charge in [0, 0.05) is 21.2 Å². The molecule has 0 amide bonds. The molecule has 1 unspecified atom stereocenters. The topological polar surface area (TPSA) is 12.0 Å². The number of halogens is 2. The maximum Gasteiger partial charge on any atom is 0.0410 e. The summed E-state index contributed by atoms with van der Waals surface area (Å²) < 4.78 is 0.598. The fourth-order valence-electron chi connectivity index (χ4n) is 1.61. The van der Waals surface area contributed by atoms with E-state index in [1.807, 2.05) is 6.07 Å². The first kappa shape index (κ1) is 9.59. The summed E-state index contributed by atoms with van der Waals surface area (Å²) >= 11 is 8.46. The lowest BCUT2D eigenvalue weighted by molar-refractivity contribution is 0.789. The van der Waals surface area contributed by atoms with E-state index in [-0.39, 0.29) is 0 Å². The van der Waals surface area contributed by atoms with Crippen LogP contribution in [0.4, 0.5) is 5.69 Å². The highest BCUT2D eigenvalue weighted by atomic mass is 127. The molecule has 0 spiro atoms. The van der Waals surface area contributed by atoms with Crippen molar-refractivity contribution in [3.8, 4) is 0 Å². The summed E-state index contributed by atoms with van der Waals surface area (Å²) in [5.41, 5.74) is 2.60. The molecule has 0 radical (unpaired) electrons. The second-order valence-electron chi connectivity index (χ2n) is 3.27. The van der Waals surface area contributed by atoms with Crippen LogP contribution in [0.5, 0.6) is 0 Å². The minimum Gasteiger partial charge on any atom is -0.385 e. The molecular weight excluding hydrogens is 296 g/mol. The van der Waals surface area contributed by atoms with E-state index in [4.69, 9.17) is 11.6 Å². The summed E-state index contributed by atoms with van der Waals surface area (Å²) in [6.45, 7) is 1.08. The highest BCUT2D eigenvalue weighted by molar-refractivity contribution is 14.1. The van der Waals surface area contributed by atoms with Crippen LogP contribution in [0.25, 0.3) is 0 Å². The van der Waals surface area contributed by atoms with E-state index in [0.717, 1.165) is 11.6 Å². The van der Waals surface area contributed by atoms with Crippen LogP contribution in [0.15, 0.2) is 18.2 Å². The zero-order chi connectivity index (χ0) is 9.26. The van der Waals surface area contributed by atoms with Crippen LogP contribution in [-0.2, 0) is 0 Å². The van der Waals surface area contributed by atoms with Gasteiger partial charge in [0.15, 0.2) is 0 Å². The summed E-state index contributed by atoms with van der Waals surface area (Å²) in [6.07, 6.45) is 2.47. The van der Waals surface area contributed by atoms with Crippen LogP contribution >= 0.6 is 34.2 Å². The van der Waals surface area contributed by atoms with Crippen molar-refractivity contribution in [1.29, 1.82) is 0 Å². The van der Waals surface area contributed by atoms with E-state index in [1.54, 1.807) is 0 Å². The Bertz CT molecular complexity index is 314. The predicted molar refractivity (Wildman–Crippen MR) is 65.9 cm³/mol. The van der Waals surface area contributed by atoms with E-state index in [0.29, 0.717) is 3.92 Å². The largest absolute Gasteiger partial charge is 0.385 e. The van der Waals surface area contributed by atoms with Gasteiger partial charge in [-0.25, -0.2) is 0 Å². The number of rotatable bonds is 0. The molecule has 1 nitrogen and oxygen atoms in total. The third-order valence-corrected chi connectivity index (χ3v) is 3.83. The molecular formula is C10H11ClIN. The zero-order valence-electron chi connectivity index (χ0n) is 7.19. The van der Waals surface area contributed by atoms with E-state index >= 15 is 0 Å². The number of hydrogen-bond acceptors (Lipinski definition) is 1. The average molecular weight is 308 g/mol. The smallest absolute Gasteiger partial charge is 0.0410 e. The molecule has 0 fully saturated rings. The van der Waals surface area contributed by atoms with E-state index < -0.39 is 0 Å². The lowest BCUT2D eigenvalue weighted by atomic mass is 10.1. The molecule has 1 N–H and O–H groups in total. The number of benzene rings is 1. The molecule has 0 aliphatic carbocycles. The molecule has 0 saturated heterocycles. The van der Waals surface area contributed by atoms with Crippen LogP contribution in [0.1, 0.15) is 22.3 Å². The Morgan fingerprint density at radius 3 is 3.15 bits per heavy atom. The first-order valence-corrected chi connectivity index (χ1v) is 6.07. The second kappa shape index (κ2) is 4.05. The standard InChI is InChI=1S/C10H11ClIN/c11-7-3-4-10-8(6-7)9(12)2-1-5-13-10/h3-4,6,9,13H,1-2,5H2. The lowest BCUT2D eigenvalue weighted by Gasteiger charge is -2.11. The van der Waals surface area contributed by atoms with Crippen LogP contribution < -0.4 is 5.32 Å². The van der Waals surface area contributed by atoms with E-state index in [1.165, 1.54) is 24.1 Å². The van der Waals surface area contributed by atoms with Crippen LogP contribution in [0.2, 0.25) is 5.02 Å². The van der Waals surface area contributed by atoms with Gasteiger partial charge < -0.3 is 5.32 Å². The molecule has 0 bridgehead atoms. The summed E-state index contributed by atoms with van der Waals surface area (Å²) in [4.78, 5) is 0. The van der Waals surface area contributed by atoms with Crippen molar-refractivity contribution >= 4 is 39.9 Å². The molecule has 70 valence electrons. The minimum absolute atomic E-state index is 0.598. The third-order valence-electron chi connectivity index (χ3n) is 2.30. The van der Waals surface area contributed by atoms with Gasteiger partial charge in [-0.15, -0.1) is 0 Å². The van der Waals surface area contributed by atoms with Crippen molar-refractivity contribution in [3.05, 3.63) is 28.8 Å². The lowest BCUT2D eigenvalue weighted by Crippen LogP contribution is -1.98. The Morgan fingerprint density at radius 1 is 1.46 bits per heavy atom. The monoisotopic (exact) mass is 307 g/mol. The molecule has 1 atom stereocenters. The third kappa shape index (κ3) is 2.10. The number of hydrogen-bond donors (Lipinski definition) is 1. The van der Waals surface area contributed by atoms with Gasteiger partial charge in [-0.1, -0.05) is 34.2 Å². The fraction of sp³-hybridized carbons (Fsp3) is 0.400. The fourth-order valence-corrected chi connectivity index (χ4v) is 2.75. The molecule has 1 aliphatic rings. The Kier molecular flexibility index (Phi) is 2.99. The number of alkyl halides is 1. The van der Waals surface area contributed by atoms with Crippen LogP contribution in [0, 0.1) is 0 Å². The summed E-state index contributed by atoms with van der Waals surface area (Å²) in [7, 11) is 0. The number of nitrogens with one attached hydrogen (secondary N) is 1. The molecule has 0 aromatic heterocycles. The maximum absolute atomic E-state index is 5.96. The van der Waals surface area contributed by atoms with Crippen LogP contribution in [0.3, 0.4) is 0 Å². The summed E-state index contributed by atoms with van der Waals surface area (Å²) in [6, 6.07) is 6.10. The average Bonchev–Trinajstić information content (AvgIpc) is 2.29.